The highest BCUT2D eigenvalue weighted by Gasteiger charge is 2.15. The van der Waals surface area contributed by atoms with E-state index in [2.05, 4.69) is 0 Å². The second kappa shape index (κ2) is 2.82. The third-order valence-electron chi connectivity index (χ3n) is 1.61. The monoisotopic (exact) mass is 127 g/mol. The van der Waals surface area contributed by atoms with Crippen molar-refractivity contribution in [3.05, 3.63) is 0 Å². The summed E-state index contributed by atoms with van der Waals surface area (Å²) in [6.07, 6.45) is 2.23. The summed E-state index contributed by atoms with van der Waals surface area (Å²) in [4.78, 5) is 12.5. The number of likely N-dealkylation sites (tertiary alicyclic amines) is 1. The fourth-order valence-corrected chi connectivity index (χ4v) is 1.08. The lowest BCUT2D eigenvalue weighted by Crippen LogP contribution is -2.30. The largest absolute Gasteiger partial charge is 0.342 e. The molecule has 0 aromatic rings. The Morgan fingerprint density at radius 2 is 2.00 bits per heavy atom. The van der Waals surface area contributed by atoms with Crippen LogP contribution in [-0.2, 0) is 4.79 Å². The lowest BCUT2D eigenvalue weighted by molar-refractivity contribution is -0.128. The van der Waals surface area contributed by atoms with E-state index in [1.165, 1.54) is 0 Å². The molecule has 51 valence electrons. The summed E-state index contributed by atoms with van der Waals surface area (Å²) < 4.78 is 0. The number of carbonyl (C=O) groups excluding carboxylic acids is 1. The molecule has 1 heterocycles. The van der Waals surface area contributed by atoms with Gasteiger partial charge in [0.05, 0.1) is 6.54 Å². The Labute approximate surface area is 54.8 Å². The molecule has 3 nitrogen and oxygen atoms in total. The van der Waals surface area contributed by atoms with Gasteiger partial charge in [0.1, 0.15) is 0 Å². The Morgan fingerprint density at radius 3 is 2.44 bits per heavy atom. The van der Waals surface area contributed by atoms with Crippen LogP contribution < -0.4 is 5.73 Å². The topological polar surface area (TPSA) is 44.1 Å². The highest BCUT2D eigenvalue weighted by Crippen LogP contribution is 2.06. The highest BCUT2D eigenvalue weighted by atomic mass is 16.2. The molecule has 0 aromatic heterocycles. The van der Waals surface area contributed by atoms with E-state index < -0.39 is 0 Å². The average Bonchev–Trinajstić information content (AvgIpc) is 2.37. The molecule has 1 radical (unpaired) electrons. The van der Waals surface area contributed by atoms with E-state index in [1.54, 1.807) is 4.90 Å². The normalized spacial score (nSPS) is 18.6. The third-order valence-corrected chi connectivity index (χ3v) is 1.61. The van der Waals surface area contributed by atoms with Crippen molar-refractivity contribution < 1.29 is 4.79 Å². The molecule has 9 heavy (non-hydrogen) atoms. The quantitative estimate of drug-likeness (QED) is 0.484. The Morgan fingerprint density at radius 1 is 1.44 bits per heavy atom. The zero-order valence-electron chi connectivity index (χ0n) is 5.39. The van der Waals surface area contributed by atoms with Crippen molar-refractivity contribution >= 4 is 5.91 Å². The van der Waals surface area contributed by atoms with Crippen LogP contribution in [0, 0.1) is 0 Å². The Bertz CT molecular complexity index is 108. The van der Waals surface area contributed by atoms with Crippen molar-refractivity contribution in [1.82, 2.24) is 10.6 Å². The van der Waals surface area contributed by atoms with Crippen LogP contribution in [0.3, 0.4) is 0 Å². The molecule has 1 rings (SSSR count). The van der Waals surface area contributed by atoms with E-state index in [4.69, 9.17) is 5.73 Å². The molecular formula is C6H11N2O. The van der Waals surface area contributed by atoms with Gasteiger partial charge in [-0.05, 0) is 12.8 Å². The van der Waals surface area contributed by atoms with Crippen LogP contribution in [0.4, 0.5) is 0 Å². The molecule has 0 spiro atoms. The fraction of sp³-hybridized carbons (Fsp3) is 0.833. The first-order valence-electron chi connectivity index (χ1n) is 3.27. The number of nitrogens with one attached hydrogen (secondary N) is 1. The summed E-state index contributed by atoms with van der Waals surface area (Å²) in [5.41, 5.74) is 6.78. The Hall–Kier alpha value is -0.570. The van der Waals surface area contributed by atoms with Crippen molar-refractivity contribution in [2.75, 3.05) is 19.6 Å². The highest BCUT2D eigenvalue weighted by molar-refractivity contribution is 5.78. The molecule has 3 heteroatoms. The summed E-state index contributed by atoms with van der Waals surface area (Å²) >= 11 is 0. The van der Waals surface area contributed by atoms with Crippen molar-refractivity contribution in [2.24, 2.45) is 0 Å². The van der Waals surface area contributed by atoms with Crippen LogP contribution in [0.25, 0.3) is 0 Å². The molecule has 1 saturated heterocycles. The standard InChI is InChI=1S/C6H11N2O/c7-5-6(9)8-3-1-2-4-8/h7H,1-5H2. The molecule has 1 amide bonds. The molecular weight excluding hydrogens is 116 g/mol. The van der Waals surface area contributed by atoms with Gasteiger partial charge in [0.15, 0.2) is 0 Å². The molecule has 0 bridgehead atoms. The lowest BCUT2D eigenvalue weighted by atomic mass is 10.4. The SMILES string of the molecule is [NH]CC(=O)N1CCCC1. The van der Waals surface area contributed by atoms with Gasteiger partial charge in [-0.1, -0.05) is 0 Å². The molecule has 0 atom stereocenters. The number of carbonyl (C=O) groups is 1. The number of hydrogen-bond acceptors (Lipinski definition) is 1. The number of nitrogens with zero attached hydrogens (tertiary/aromatic N) is 1. The summed E-state index contributed by atoms with van der Waals surface area (Å²) in [7, 11) is 0. The van der Waals surface area contributed by atoms with Crippen LogP contribution >= 0.6 is 0 Å². The second-order valence-corrected chi connectivity index (χ2v) is 2.26. The van der Waals surface area contributed by atoms with Gasteiger partial charge in [0.25, 0.3) is 0 Å². The first-order chi connectivity index (χ1) is 4.34. The van der Waals surface area contributed by atoms with Crippen LogP contribution in [0.15, 0.2) is 0 Å². The van der Waals surface area contributed by atoms with E-state index in [-0.39, 0.29) is 12.5 Å². The molecule has 0 aliphatic carbocycles. The maximum atomic E-state index is 10.8. The van der Waals surface area contributed by atoms with Gasteiger partial charge in [-0.3, -0.25) is 4.79 Å². The van der Waals surface area contributed by atoms with Gasteiger partial charge in [-0.15, -0.1) is 0 Å². The number of rotatable bonds is 1. The number of amides is 1. The molecule has 0 aromatic carbocycles. The predicted molar refractivity (Wildman–Crippen MR) is 33.8 cm³/mol. The fourth-order valence-electron chi connectivity index (χ4n) is 1.08. The maximum absolute atomic E-state index is 10.8. The van der Waals surface area contributed by atoms with E-state index >= 15 is 0 Å². The summed E-state index contributed by atoms with van der Waals surface area (Å²) in [5.74, 6) is -0.0208. The van der Waals surface area contributed by atoms with Crippen LogP contribution in [0.2, 0.25) is 0 Å². The van der Waals surface area contributed by atoms with Gasteiger partial charge < -0.3 is 4.90 Å². The van der Waals surface area contributed by atoms with Gasteiger partial charge in [0, 0.05) is 13.1 Å². The van der Waals surface area contributed by atoms with E-state index in [1.807, 2.05) is 0 Å². The minimum Gasteiger partial charge on any atom is -0.342 e. The van der Waals surface area contributed by atoms with Gasteiger partial charge in [-0.25, -0.2) is 5.73 Å². The van der Waals surface area contributed by atoms with Crippen LogP contribution in [-0.4, -0.2) is 30.4 Å². The van der Waals surface area contributed by atoms with Crippen LogP contribution in [0.1, 0.15) is 12.8 Å². The summed E-state index contributed by atoms with van der Waals surface area (Å²) in [5, 5.41) is 0. The van der Waals surface area contributed by atoms with Gasteiger partial charge in [-0.2, -0.15) is 0 Å². The zero-order chi connectivity index (χ0) is 6.69. The zero-order valence-corrected chi connectivity index (χ0v) is 5.39. The van der Waals surface area contributed by atoms with Crippen molar-refractivity contribution in [3.63, 3.8) is 0 Å². The predicted octanol–water partition coefficient (Wildman–Crippen LogP) is -0.108. The van der Waals surface area contributed by atoms with Gasteiger partial charge in [0.2, 0.25) is 5.91 Å². The van der Waals surface area contributed by atoms with Crippen molar-refractivity contribution in [3.8, 4) is 0 Å². The maximum Gasteiger partial charge on any atom is 0.237 e. The molecule has 1 aliphatic rings. The van der Waals surface area contributed by atoms with Gasteiger partial charge >= 0.3 is 0 Å². The van der Waals surface area contributed by atoms with Crippen LogP contribution in [0.5, 0.6) is 0 Å². The molecule has 1 aliphatic heterocycles. The van der Waals surface area contributed by atoms with E-state index in [0.717, 1.165) is 25.9 Å². The molecule has 0 unspecified atom stereocenters. The van der Waals surface area contributed by atoms with E-state index in [0.29, 0.717) is 0 Å². The van der Waals surface area contributed by atoms with Crippen molar-refractivity contribution in [2.45, 2.75) is 12.8 Å². The first-order valence-corrected chi connectivity index (χ1v) is 3.27. The number of hydrogen-bond donors (Lipinski definition) is 0. The average molecular weight is 127 g/mol. The van der Waals surface area contributed by atoms with E-state index in [9.17, 15) is 4.79 Å². The van der Waals surface area contributed by atoms with Crippen molar-refractivity contribution in [1.29, 1.82) is 0 Å². The Balaban J connectivity index is 2.32. The molecule has 1 fully saturated rings. The smallest absolute Gasteiger partial charge is 0.237 e. The minimum absolute atomic E-state index is 0.0208. The minimum atomic E-state index is -0.0833. The first kappa shape index (κ1) is 6.55. The molecule has 1 N–H and O–H groups in total. The second-order valence-electron chi connectivity index (χ2n) is 2.26. The Kier molecular flexibility index (Phi) is 2.05. The summed E-state index contributed by atoms with van der Waals surface area (Å²) in [6.45, 7) is 1.66. The lowest BCUT2D eigenvalue weighted by Gasteiger charge is -2.12. The summed E-state index contributed by atoms with van der Waals surface area (Å²) in [6, 6.07) is 0. The third kappa shape index (κ3) is 1.42. The molecule has 0 saturated carbocycles.